The minimum atomic E-state index is 0.240. The Labute approximate surface area is 82.0 Å². The van der Waals surface area contributed by atoms with E-state index in [0.29, 0.717) is 12.2 Å². The van der Waals surface area contributed by atoms with E-state index in [0.717, 1.165) is 13.0 Å². The second-order valence-corrected chi connectivity index (χ2v) is 5.11. The number of nitrogens with one attached hydrogen (secondary N) is 1. The molecule has 0 aliphatic carbocycles. The molecule has 2 heteroatoms. The lowest BCUT2D eigenvalue weighted by Gasteiger charge is -2.21. The Kier molecular flexibility index (Phi) is 3.74. The summed E-state index contributed by atoms with van der Waals surface area (Å²) in [4.78, 5) is 0. The number of rotatable bonds is 3. The Bertz CT molecular complexity index is 151. The lowest BCUT2D eigenvalue weighted by atomic mass is 10.1. The summed E-state index contributed by atoms with van der Waals surface area (Å²) in [5.41, 5.74) is 0.240. The molecule has 2 nitrogen and oxygen atoms in total. The fraction of sp³-hybridized carbons (Fsp3) is 1.00. The molecule has 78 valence electrons. The van der Waals surface area contributed by atoms with Gasteiger partial charge in [0.25, 0.3) is 0 Å². The van der Waals surface area contributed by atoms with Gasteiger partial charge in [-0.05, 0) is 53.5 Å². The van der Waals surface area contributed by atoms with Crippen molar-refractivity contribution in [3.63, 3.8) is 0 Å². The van der Waals surface area contributed by atoms with E-state index in [-0.39, 0.29) is 5.54 Å². The average molecular weight is 185 g/mol. The van der Waals surface area contributed by atoms with E-state index in [1.54, 1.807) is 0 Å². The van der Waals surface area contributed by atoms with Crippen molar-refractivity contribution in [2.24, 2.45) is 0 Å². The van der Waals surface area contributed by atoms with Crippen LogP contribution in [0.25, 0.3) is 0 Å². The van der Waals surface area contributed by atoms with Crippen LogP contribution in [0.4, 0.5) is 0 Å². The molecule has 0 aromatic rings. The molecule has 13 heavy (non-hydrogen) atoms. The van der Waals surface area contributed by atoms with E-state index in [1.165, 1.54) is 12.8 Å². The monoisotopic (exact) mass is 185 g/mol. The van der Waals surface area contributed by atoms with E-state index in [4.69, 9.17) is 4.74 Å². The zero-order chi connectivity index (χ0) is 9.90. The van der Waals surface area contributed by atoms with Gasteiger partial charge in [0.2, 0.25) is 0 Å². The summed E-state index contributed by atoms with van der Waals surface area (Å²) < 4.78 is 5.74. The fourth-order valence-electron chi connectivity index (χ4n) is 1.71. The molecule has 1 rings (SSSR count). The summed E-state index contributed by atoms with van der Waals surface area (Å²) in [6.07, 6.45) is 4.62. The van der Waals surface area contributed by atoms with Crippen molar-refractivity contribution in [3.05, 3.63) is 0 Å². The first-order valence-corrected chi connectivity index (χ1v) is 5.38. The van der Waals surface area contributed by atoms with Crippen LogP contribution in [-0.4, -0.2) is 24.3 Å². The lowest BCUT2D eigenvalue weighted by Crippen LogP contribution is -2.37. The van der Waals surface area contributed by atoms with Gasteiger partial charge in [-0.2, -0.15) is 0 Å². The highest BCUT2D eigenvalue weighted by Crippen LogP contribution is 2.21. The minimum absolute atomic E-state index is 0.240. The van der Waals surface area contributed by atoms with Gasteiger partial charge in [0, 0.05) is 5.54 Å². The Hall–Kier alpha value is -0.0800. The number of hydrogen-bond donors (Lipinski definition) is 1. The third-order valence-electron chi connectivity index (χ3n) is 2.44. The zero-order valence-corrected chi connectivity index (χ0v) is 9.39. The van der Waals surface area contributed by atoms with Crippen molar-refractivity contribution in [1.82, 2.24) is 5.32 Å². The quantitative estimate of drug-likeness (QED) is 0.728. The normalized spacial score (nSPS) is 29.5. The summed E-state index contributed by atoms with van der Waals surface area (Å²) in [6.45, 7) is 9.83. The van der Waals surface area contributed by atoms with Crippen LogP contribution < -0.4 is 5.32 Å². The number of ether oxygens (including phenoxy) is 1. The van der Waals surface area contributed by atoms with Gasteiger partial charge in [-0.1, -0.05) is 0 Å². The first kappa shape index (κ1) is 11.0. The Morgan fingerprint density at radius 1 is 1.31 bits per heavy atom. The molecule has 0 radical (unpaired) electrons. The van der Waals surface area contributed by atoms with Crippen LogP contribution in [0.5, 0.6) is 0 Å². The lowest BCUT2D eigenvalue weighted by molar-refractivity contribution is 0.0503. The summed E-state index contributed by atoms with van der Waals surface area (Å²) in [5, 5.41) is 3.48. The van der Waals surface area contributed by atoms with E-state index >= 15 is 0 Å². The van der Waals surface area contributed by atoms with Crippen LogP contribution in [0.3, 0.4) is 0 Å². The van der Waals surface area contributed by atoms with Crippen molar-refractivity contribution in [3.8, 4) is 0 Å². The molecule has 1 saturated heterocycles. The Morgan fingerprint density at radius 3 is 2.46 bits per heavy atom. The molecule has 0 amide bonds. The van der Waals surface area contributed by atoms with Gasteiger partial charge in [-0.3, -0.25) is 0 Å². The highest BCUT2D eigenvalue weighted by atomic mass is 16.5. The maximum absolute atomic E-state index is 5.74. The second kappa shape index (κ2) is 4.43. The maximum Gasteiger partial charge on any atom is 0.0591 e. The molecular weight excluding hydrogens is 162 g/mol. The predicted octanol–water partition coefficient (Wildman–Crippen LogP) is 2.33. The number of hydrogen-bond acceptors (Lipinski definition) is 2. The van der Waals surface area contributed by atoms with Crippen molar-refractivity contribution in [2.75, 3.05) is 6.54 Å². The molecule has 0 aromatic carbocycles. The van der Waals surface area contributed by atoms with Gasteiger partial charge < -0.3 is 10.1 Å². The fourth-order valence-corrected chi connectivity index (χ4v) is 1.71. The van der Waals surface area contributed by atoms with Crippen molar-refractivity contribution in [2.45, 2.75) is 64.7 Å². The summed E-state index contributed by atoms with van der Waals surface area (Å²) >= 11 is 0. The third kappa shape index (κ3) is 4.63. The Balaban J connectivity index is 2.07. The topological polar surface area (TPSA) is 21.3 Å². The van der Waals surface area contributed by atoms with Gasteiger partial charge in [-0.25, -0.2) is 0 Å². The molecule has 1 N–H and O–H groups in total. The SMILES string of the molecule is CC1CCC(CCNC(C)(C)C)O1. The first-order chi connectivity index (χ1) is 5.97. The third-order valence-corrected chi connectivity index (χ3v) is 2.44. The second-order valence-electron chi connectivity index (χ2n) is 5.11. The molecule has 0 saturated carbocycles. The van der Waals surface area contributed by atoms with Gasteiger partial charge in [0.1, 0.15) is 0 Å². The highest BCUT2D eigenvalue weighted by Gasteiger charge is 2.21. The molecule has 1 heterocycles. The van der Waals surface area contributed by atoms with Gasteiger partial charge in [0.05, 0.1) is 12.2 Å². The van der Waals surface area contributed by atoms with Gasteiger partial charge in [-0.15, -0.1) is 0 Å². The van der Waals surface area contributed by atoms with Gasteiger partial charge >= 0.3 is 0 Å². The molecule has 1 fully saturated rings. The van der Waals surface area contributed by atoms with Crippen LogP contribution in [0, 0.1) is 0 Å². The first-order valence-electron chi connectivity index (χ1n) is 5.38. The van der Waals surface area contributed by atoms with Gasteiger partial charge in [0.15, 0.2) is 0 Å². The van der Waals surface area contributed by atoms with E-state index in [1.807, 2.05) is 0 Å². The average Bonchev–Trinajstić information content (AvgIpc) is 2.33. The minimum Gasteiger partial charge on any atom is -0.375 e. The maximum atomic E-state index is 5.74. The molecule has 0 bridgehead atoms. The summed E-state index contributed by atoms with van der Waals surface area (Å²) in [5.74, 6) is 0. The smallest absolute Gasteiger partial charge is 0.0591 e. The molecule has 2 atom stereocenters. The van der Waals surface area contributed by atoms with Crippen LogP contribution in [0.1, 0.15) is 47.0 Å². The summed E-state index contributed by atoms with van der Waals surface area (Å²) in [6, 6.07) is 0. The van der Waals surface area contributed by atoms with Crippen LogP contribution >= 0.6 is 0 Å². The van der Waals surface area contributed by atoms with Crippen molar-refractivity contribution >= 4 is 0 Å². The predicted molar refractivity (Wildman–Crippen MR) is 55.9 cm³/mol. The molecule has 0 aromatic heterocycles. The van der Waals surface area contributed by atoms with E-state index in [9.17, 15) is 0 Å². The molecule has 2 unspecified atom stereocenters. The standard InChI is InChI=1S/C11H23NO/c1-9-5-6-10(13-9)7-8-12-11(2,3)4/h9-10,12H,5-8H2,1-4H3. The van der Waals surface area contributed by atoms with Crippen LogP contribution in [-0.2, 0) is 4.74 Å². The summed E-state index contributed by atoms with van der Waals surface area (Å²) in [7, 11) is 0. The molecular formula is C11H23NO. The molecule has 1 aliphatic heterocycles. The molecule has 1 aliphatic rings. The Morgan fingerprint density at radius 2 is 2.00 bits per heavy atom. The zero-order valence-electron chi connectivity index (χ0n) is 9.39. The van der Waals surface area contributed by atoms with Crippen LogP contribution in [0.2, 0.25) is 0 Å². The van der Waals surface area contributed by atoms with E-state index < -0.39 is 0 Å². The van der Waals surface area contributed by atoms with Crippen molar-refractivity contribution < 1.29 is 4.74 Å². The van der Waals surface area contributed by atoms with Crippen molar-refractivity contribution in [1.29, 1.82) is 0 Å². The molecule has 0 spiro atoms. The highest BCUT2D eigenvalue weighted by molar-refractivity contribution is 4.74. The van der Waals surface area contributed by atoms with Crippen LogP contribution in [0.15, 0.2) is 0 Å². The van der Waals surface area contributed by atoms with E-state index in [2.05, 4.69) is 33.0 Å². The largest absolute Gasteiger partial charge is 0.375 e.